The van der Waals surface area contributed by atoms with Crippen LogP contribution in [0.1, 0.15) is 60.2 Å². The van der Waals surface area contributed by atoms with Gasteiger partial charge in [0.05, 0.1) is 17.7 Å². The first-order valence-corrected chi connectivity index (χ1v) is 11.1. The molecule has 7 heteroatoms. The van der Waals surface area contributed by atoms with Crippen LogP contribution in [0, 0.1) is 0 Å². The van der Waals surface area contributed by atoms with Crippen LogP contribution in [0.3, 0.4) is 0 Å². The average Bonchev–Trinajstić information content (AvgIpc) is 3.23. The number of carbonyl (C=O) groups excluding carboxylic acids is 2. The number of thioether (sulfide) groups is 1. The van der Waals surface area contributed by atoms with E-state index < -0.39 is 0 Å². The quantitative estimate of drug-likeness (QED) is 0.303. The van der Waals surface area contributed by atoms with E-state index in [-0.39, 0.29) is 16.6 Å². The molecule has 0 radical (unpaired) electrons. The average molecular weight is 403 g/mol. The molecule has 6 nitrogen and oxygen atoms in total. The Bertz CT molecular complexity index is 709. The Hall–Kier alpha value is -2.02. The molecule has 152 valence electrons. The summed E-state index contributed by atoms with van der Waals surface area (Å²) in [6.45, 7) is 7.22. The number of unbranched alkanes of at least 4 members (excludes halogenated alkanes) is 1. The largest absolute Gasteiger partial charge is 0.357 e. The van der Waals surface area contributed by atoms with Gasteiger partial charge >= 0.3 is 0 Å². The van der Waals surface area contributed by atoms with E-state index in [1.54, 1.807) is 24.3 Å². The summed E-state index contributed by atoms with van der Waals surface area (Å²) in [4.78, 5) is 30.8. The number of aliphatic imine (C=N–C) groups is 1. The van der Waals surface area contributed by atoms with Crippen LogP contribution < -0.4 is 10.6 Å². The van der Waals surface area contributed by atoms with E-state index in [0.29, 0.717) is 17.7 Å². The van der Waals surface area contributed by atoms with Gasteiger partial charge in [0.25, 0.3) is 11.8 Å². The lowest BCUT2D eigenvalue weighted by Crippen LogP contribution is -2.39. The number of nitrogens with one attached hydrogen (secondary N) is 2. The molecule has 0 saturated carbocycles. The second-order valence-corrected chi connectivity index (χ2v) is 9.22. The summed E-state index contributed by atoms with van der Waals surface area (Å²) in [7, 11) is 0. The van der Waals surface area contributed by atoms with E-state index in [1.807, 2.05) is 11.8 Å². The zero-order valence-electron chi connectivity index (χ0n) is 16.8. The molecule has 1 saturated heterocycles. The minimum Gasteiger partial charge on any atom is -0.357 e. The monoisotopic (exact) mass is 402 g/mol. The number of nitrogens with zero attached hydrogens (tertiary/aromatic N) is 2. The van der Waals surface area contributed by atoms with Crippen LogP contribution in [0.15, 0.2) is 29.3 Å². The normalized spacial score (nSPS) is 21.9. The van der Waals surface area contributed by atoms with Gasteiger partial charge in [0.2, 0.25) is 0 Å². The van der Waals surface area contributed by atoms with Crippen molar-refractivity contribution in [1.82, 2.24) is 15.5 Å². The number of amides is 2. The molecule has 28 heavy (non-hydrogen) atoms. The lowest BCUT2D eigenvalue weighted by atomic mass is 10.1. The predicted molar refractivity (Wildman–Crippen MR) is 115 cm³/mol. The number of hydrogen-bond donors (Lipinski definition) is 2. The van der Waals surface area contributed by atoms with E-state index in [9.17, 15) is 9.59 Å². The lowest BCUT2D eigenvalue weighted by molar-refractivity contribution is 0.0652. The fraction of sp³-hybridized carbons (Fsp3) is 0.571. The van der Waals surface area contributed by atoms with Gasteiger partial charge in [0, 0.05) is 24.4 Å². The molecule has 2 aliphatic rings. The van der Waals surface area contributed by atoms with Gasteiger partial charge in [-0.3, -0.25) is 19.5 Å². The molecular weight excluding hydrogens is 372 g/mol. The first-order valence-electron chi connectivity index (χ1n) is 10.2. The summed E-state index contributed by atoms with van der Waals surface area (Å²) >= 11 is 2.01. The van der Waals surface area contributed by atoms with E-state index in [0.717, 1.165) is 38.4 Å². The maximum absolute atomic E-state index is 12.4. The van der Waals surface area contributed by atoms with Crippen LogP contribution in [0.4, 0.5) is 0 Å². The summed E-state index contributed by atoms with van der Waals surface area (Å²) in [5, 5.41) is 6.66. The predicted octanol–water partition coefficient (Wildman–Crippen LogP) is 2.90. The maximum Gasteiger partial charge on any atom is 0.261 e. The minimum atomic E-state index is -0.175. The van der Waals surface area contributed by atoms with Crippen LogP contribution in [-0.4, -0.2) is 59.4 Å². The zero-order valence-corrected chi connectivity index (χ0v) is 17.6. The van der Waals surface area contributed by atoms with Crippen molar-refractivity contribution in [3.05, 3.63) is 35.4 Å². The molecule has 3 rings (SSSR count). The van der Waals surface area contributed by atoms with Crippen molar-refractivity contribution in [2.75, 3.05) is 31.9 Å². The Balaban J connectivity index is 1.42. The standard InChI is InChI=1S/C21H30N4O2S/c1-3-22-20(24-15-21(2)11-8-14-28-21)23-12-6-7-13-25-18(26)16-9-4-5-10-17(16)19(25)27/h4-5,9-10H,3,6-8,11-15H2,1-2H3,(H2,22,23,24). The fourth-order valence-corrected chi connectivity index (χ4v) is 4.82. The number of rotatable bonds is 8. The van der Waals surface area contributed by atoms with Crippen molar-refractivity contribution in [2.24, 2.45) is 4.99 Å². The molecule has 1 atom stereocenters. The van der Waals surface area contributed by atoms with Crippen molar-refractivity contribution in [2.45, 2.75) is 44.3 Å². The third-order valence-electron chi connectivity index (χ3n) is 5.20. The number of benzene rings is 1. The molecular formula is C21H30N4O2S. The molecule has 1 unspecified atom stereocenters. The van der Waals surface area contributed by atoms with Crippen LogP contribution in [-0.2, 0) is 0 Å². The molecule has 1 aromatic rings. The molecule has 0 bridgehead atoms. The van der Waals surface area contributed by atoms with E-state index >= 15 is 0 Å². The van der Waals surface area contributed by atoms with Gasteiger partial charge in [-0.1, -0.05) is 12.1 Å². The molecule has 0 aromatic heterocycles. The van der Waals surface area contributed by atoms with Crippen molar-refractivity contribution in [3.63, 3.8) is 0 Å². The number of fused-ring (bicyclic) bond motifs is 1. The Labute approximate surface area is 171 Å². The van der Waals surface area contributed by atoms with E-state index in [4.69, 9.17) is 4.99 Å². The van der Waals surface area contributed by atoms with Gasteiger partial charge in [-0.05, 0) is 57.4 Å². The molecule has 2 heterocycles. The van der Waals surface area contributed by atoms with Crippen LogP contribution in [0.5, 0.6) is 0 Å². The first-order chi connectivity index (χ1) is 13.5. The highest BCUT2D eigenvalue weighted by Crippen LogP contribution is 2.37. The van der Waals surface area contributed by atoms with Gasteiger partial charge < -0.3 is 10.6 Å². The number of imide groups is 1. The van der Waals surface area contributed by atoms with Gasteiger partial charge in [-0.15, -0.1) is 0 Å². The smallest absolute Gasteiger partial charge is 0.261 e. The molecule has 1 fully saturated rings. The molecule has 2 amide bonds. The SMILES string of the molecule is CCNC(=NCC1(C)CCCS1)NCCCCN1C(=O)c2ccccc2C1=O. The fourth-order valence-electron chi connectivity index (χ4n) is 3.59. The Morgan fingerprint density at radius 2 is 1.89 bits per heavy atom. The maximum atomic E-state index is 12.4. The highest BCUT2D eigenvalue weighted by atomic mass is 32.2. The molecule has 1 aromatic carbocycles. The summed E-state index contributed by atoms with van der Waals surface area (Å²) in [5.41, 5.74) is 1.04. The second-order valence-electron chi connectivity index (χ2n) is 7.54. The number of carbonyl (C=O) groups is 2. The summed E-state index contributed by atoms with van der Waals surface area (Å²) in [5.74, 6) is 1.72. The zero-order chi connectivity index (χ0) is 20.0. The molecule has 2 aliphatic heterocycles. The number of guanidine groups is 1. The minimum absolute atomic E-state index is 0.175. The highest BCUT2D eigenvalue weighted by Gasteiger charge is 2.34. The van der Waals surface area contributed by atoms with Crippen molar-refractivity contribution in [1.29, 1.82) is 0 Å². The van der Waals surface area contributed by atoms with Crippen molar-refractivity contribution < 1.29 is 9.59 Å². The van der Waals surface area contributed by atoms with Gasteiger partial charge in [-0.25, -0.2) is 0 Å². The van der Waals surface area contributed by atoms with E-state index in [2.05, 4.69) is 24.5 Å². The second kappa shape index (κ2) is 9.45. The van der Waals surface area contributed by atoms with Crippen LogP contribution >= 0.6 is 11.8 Å². The Kier molecular flexibility index (Phi) is 6.99. The van der Waals surface area contributed by atoms with E-state index in [1.165, 1.54) is 23.5 Å². The highest BCUT2D eigenvalue weighted by molar-refractivity contribution is 8.00. The Morgan fingerprint density at radius 1 is 1.18 bits per heavy atom. The lowest BCUT2D eigenvalue weighted by Gasteiger charge is -2.21. The number of hydrogen-bond acceptors (Lipinski definition) is 4. The molecule has 0 aliphatic carbocycles. The summed E-state index contributed by atoms with van der Waals surface area (Å²) in [6, 6.07) is 7.03. The summed E-state index contributed by atoms with van der Waals surface area (Å²) < 4.78 is 0.258. The Morgan fingerprint density at radius 3 is 2.50 bits per heavy atom. The molecule has 2 N–H and O–H groups in total. The van der Waals surface area contributed by atoms with Crippen LogP contribution in [0.2, 0.25) is 0 Å². The van der Waals surface area contributed by atoms with Gasteiger partial charge in [-0.2, -0.15) is 11.8 Å². The third-order valence-corrected chi connectivity index (χ3v) is 6.72. The third kappa shape index (κ3) is 4.87. The first kappa shape index (κ1) is 20.7. The van der Waals surface area contributed by atoms with Gasteiger partial charge in [0.1, 0.15) is 0 Å². The van der Waals surface area contributed by atoms with Crippen molar-refractivity contribution >= 4 is 29.5 Å². The topological polar surface area (TPSA) is 73.8 Å². The van der Waals surface area contributed by atoms with Crippen LogP contribution in [0.25, 0.3) is 0 Å². The summed E-state index contributed by atoms with van der Waals surface area (Å²) in [6.07, 6.45) is 4.13. The molecule has 0 spiro atoms. The van der Waals surface area contributed by atoms with Crippen molar-refractivity contribution in [3.8, 4) is 0 Å². The van der Waals surface area contributed by atoms with Gasteiger partial charge in [0.15, 0.2) is 5.96 Å².